The van der Waals surface area contributed by atoms with E-state index in [1.807, 2.05) is 20.2 Å². The Morgan fingerprint density at radius 3 is 2.50 bits per heavy atom. The second kappa shape index (κ2) is 6.31. The fourth-order valence-corrected chi connectivity index (χ4v) is 2.82. The second-order valence-corrected chi connectivity index (χ2v) is 5.68. The van der Waals surface area contributed by atoms with Crippen LogP contribution < -0.4 is 15.0 Å². The molecule has 1 aromatic rings. The second-order valence-electron chi connectivity index (χ2n) is 5.68. The van der Waals surface area contributed by atoms with Gasteiger partial charge in [-0.2, -0.15) is 0 Å². The standard InChI is InChI=1S/C15H25N3O2/c1-10-8-12(9-11(2)20-10)17-14-13(18(3)4)6-7-16-15(14)19-5/h6-7,10-12,17H,8-9H2,1-5H3. The number of anilines is 2. The van der Waals surface area contributed by atoms with Gasteiger partial charge in [0.1, 0.15) is 5.69 Å². The predicted octanol–water partition coefficient (Wildman–Crippen LogP) is 2.52. The van der Waals surface area contributed by atoms with E-state index in [1.54, 1.807) is 13.3 Å². The maximum Gasteiger partial charge on any atom is 0.239 e. The molecule has 1 aliphatic rings. The van der Waals surface area contributed by atoms with E-state index in [9.17, 15) is 0 Å². The summed E-state index contributed by atoms with van der Waals surface area (Å²) in [6.07, 6.45) is 4.32. The molecule has 112 valence electrons. The quantitative estimate of drug-likeness (QED) is 0.917. The van der Waals surface area contributed by atoms with Crippen LogP contribution in [0.5, 0.6) is 5.88 Å². The van der Waals surface area contributed by atoms with Crippen LogP contribution in [0, 0.1) is 0 Å². The molecule has 0 spiro atoms. The smallest absolute Gasteiger partial charge is 0.239 e. The summed E-state index contributed by atoms with van der Waals surface area (Å²) in [5, 5.41) is 3.60. The van der Waals surface area contributed by atoms with Gasteiger partial charge in [-0.15, -0.1) is 0 Å². The van der Waals surface area contributed by atoms with Crippen molar-refractivity contribution in [1.29, 1.82) is 0 Å². The molecule has 0 aliphatic carbocycles. The molecule has 1 aliphatic heterocycles. The molecule has 2 rings (SSSR count). The molecule has 5 heteroatoms. The number of pyridine rings is 1. The van der Waals surface area contributed by atoms with Gasteiger partial charge in [-0.05, 0) is 32.8 Å². The first-order valence-electron chi connectivity index (χ1n) is 7.13. The highest BCUT2D eigenvalue weighted by Crippen LogP contribution is 2.34. The fourth-order valence-electron chi connectivity index (χ4n) is 2.82. The number of nitrogens with zero attached hydrogens (tertiary/aromatic N) is 2. The lowest BCUT2D eigenvalue weighted by Gasteiger charge is -2.34. The summed E-state index contributed by atoms with van der Waals surface area (Å²) in [5.41, 5.74) is 2.05. The molecule has 20 heavy (non-hydrogen) atoms. The lowest BCUT2D eigenvalue weighted by molar-refractivity contribution is -0.0338. The van der Waals surface area contributed by atoms with Crippen molar-refractivity contribution < 1.29 is 9.47 Å². The highest BCUT2D eigenvalue weighted by atomic mass is 16.5. The zero-order chi connectivity index (χ0) is 14.7. The van der Waals surface area contributed by atoms with E-state index in [0.717, 1.165) is 24.2 Å². The molecular weight excluding hydrogens is 254 g/mol. The van der Waals surface area contributed by atoms with Crippen molar-refractivity contribution >= 4 is 11.4 Å². The number of hydrogen-bond acceptors (Lipinski definition) is 5. The largest absolute Gasteiger partial charge is 0.479 e. The maximum atomic E-state index is 5.79. The summed E-state index contributed by atoms with van der Waals surface area (Å²) in [4.78, 5) is 6.37. The Bertz CT molecular complexity index is 441. The van der Waals surface area contributed by atoms with Gasteiger partial charge in [0.05, 0.1) is 25.0 Å². The molecule has 0 amide bonds. The third kappa shape index (κ3) is 3.33. The molecule has 5 nitrogen and oxygen atoms in total. The Kier molecular flexibility index (Phi) is 4.70. The van der Waals surface area contributed by atoms with Crippen molar-refractivity contribution in [3.63, 3.8) is 0 Å². The average molecular weight is 279 g/mol. The third-order valence-corrected chi connectivity index (χ3v) is 3.62. The number of nitrogens with one attached hydrogen (secondary N) is 1. The van der Waals surface area contributed by atoms with Gasteiger partial charge < -0.3 is 19.7 Å². The Balaban J connectivity index is 2.23. The first-order valence-corrected chi connectivity index (χ1v) is 7.13. The van der Waals surface area contributed by atoms with Gasteiger partial charge in [0.25, 0.3) is 0 Å². The van der Waals surface area contributed by atoms with Gasteiger partial charge in [0, 0.05) is 26.3 Å². The molecular formula is C15H25N3O2. The van der Waals surface area contributed by atoms with E-state index in [2.05, 4.69) is 29.0 Å². The Morgan fingerprint density at radius 1 is 1.30 bits per heavy atom. The highest BCUT2D eigenvalue weighted by Gasteiger charge is 2.26. The van der Waals surface area contributed by atoms with Gasteiger partial charge in [-0.1, -0.05) is 0 Å². The van der Waals surface area contributed by atoms with Gasteiger partial charge in [0.15, 0.2) is 0 Å². The number of hydrogen-bond donors (Lipinski definition) is 1. The molecule has 2 heterocycles. The monoisotopic (exact) mass is 279 g/mol. The van der Waals surface area contributed by atoms with Crippen LogP contribution in [-0.4, -0.2) is 44.4 Å². The van der Waals surface area contributed by atoms with Gasteiger partial charge in [-0.3, -0.25) is 0 Å². The maximum absolute atomic E-state index is 5.79. The molecule has 0 radical (unpaired) electrons. The van der Waals surface area contributed by atoms with Crippen LogP contribution in [-0.2, 0) is 4.74 Å². The van der Waals surface area contributed by atoms with Crippen molar-refractivity contribution in [2.24, 2.45) is 0 Å². The van der Waals surface area contributed by atoms with Crippen LogP contribution in [0.4, 0.5) is 11.4 Å². The first kappa shape index (κ1) is 14.9. The lowest BCUT2D eigenvalue weighted by atomic mass is 9.99. The summed E-state index contributed by atoms with van der Waals surface area (Å²) in [7, 11) is 5.70. The minimum Gasteiger partial charge on any atom is -0.479 e. The molecule has 0 saturated carbocycles. The van der Waals surface area contributed by atoms with Gasteiger partial charge in [-0.25, -0.2) is 4.98 Å². The molecule has 2 atom stereocenters. The van der Waals surface area contributed by atoms with Crippen LogP contribution in [0.15, 0.2) is 12.3 Å². The number of methoxy groups -OCH3 is 1. The van der Waals surface area contributed by atoms with Crippen molar-refractivity contribution in [3.8, 4) is 5.88 Å². The topological polar surface area (TPSA) is 46.6 Å². The molecule has 2 unspecified atom stereocenters. The molecule has 1 saturated heterocycles. The Labute approximate surface area is 121 Å². The predicted molar refractivity (Wildman–Crippen MR) is 81.8 cm³/mol. The van der Waals surface area contributed by atoms with Crippen LogP contribution in [0.3, 0.4) is 0 Å². The van der Waals surface area contributed by atoms with Crippen LogP contribution in [0.1, 0.15) is 26.7 Å². The summed E-state index contributed by atoms with van der Waals surface area (Å²) < 4.78 is 11.2. The summed E-state index contributed by atoms with van der Waals surface area (Å²) >= 11 is 0. The molecule has 1 aromatic heterocycles. The SMILES string of the molecule is COc1nccc(N(C)C)c1NC1CC(C)OC(C)C1. The van der Waals surface area contributed by atoms with E-state index in [-0.39, 0.29) is 12.2 Å². The Morgan fingerprint density at radius 2 is 1.95 bits per heavy atom. The fraction of sp³-hybridized carbons (Fsp3) is 0.667. The molecule has 1 fully saturated rings. The van der Waals surface area contributed by atoms with E-state index in [0.29, 0.717) is 11.9 Å². The first-order chi connectivity index (χ1) is 9.51. The minimum atomic E-state index is 0.279. The molecule has 1 N–H and O–H groups in total. The third-order valence-electron chi connectivity index (χ3n) is 3.62. The van der Waals surface area contributed by atoms with Crippen molar-refractivity contribution in [2.75, 3.05) is 31.4 Å². The van der Waals surface area contributed by atoms with Crippen LogP contribution in [0.25, 0.3) is 0 Å². The lowest BCUT2D eigenvalue weighted by Crippen LogP contribution is -2.37. The number of rotatable bonds is 4. The van der Waals surface area contributed by atoms with Crippen molar-refractivity contribution in [2.45, 2.75) is 44.9 Å². The van der Waals surface area contributed by atoms with E-state index in [4.69, 9.17) is 9.47 Å². The summed E-state index contributed by atoms with van der Waals surface area (Å²) in [5.74, 6) is 0.642. The zero-order valence-corrected chi connectivity index (χ0v) is 13.0. The van der Waals surface area contributed by atoms with Crippen molar-refractivity contribution in [1.82, 2.24) is 4.98 Å². The van der Waals surface area contributed by atoms with E-state index < -0.39 is 0 Å². The Hall–Kier alpha value is -1.49. The number of ether oxygens (including phenoxy) is 2. The van der Waals surface area contributed by atoms with Gasteiger partial charge in [0.2, 0.25) is 5.88 Å². The normalized spacial score (nSPS) is 26.1. The van der Waals surface area contributed by atoms with E-state index >= 15 is 0 Å². The number of aromatic nitrogens is 1. The van der Waals surface area contributed by atoms with E-state index in [1.165, 1.54) is 0 Å². The zero-order valence-electron chi connectivity index (χ0n) is 13.0. The molecule has 0 aromatic carbocycles. The average Bonchev–Trinajstić information content (AvgIpc) is 2.37. The summed E-state index contributed by atoms with van der Waals surface area (Å²) in [6.45, 7) is 4.25. The molecule has 0 bridgehead atoms. The highest BCUT2D eigenvalue weighted by molar-refractivity contribution is 5.74. The van der Waals surface area contributed by atoms with Crippen LogP contribution in [0.2, 0.25) is 0 Å². The van der Waals surface area contributed by atoms with Crippen molar-refractivity contribution in [3.05, 3.63) is 12.3 Å². The van der Waals surface area contributed by atoms with Crippen LogP contribution >= 0.6 is 0 Å². The summed E-state index contributed by atoms with van der Waals surface area (Å²) in [6, 6.07) is 2.38. The minimum absolute atomic E-state index is 0.279. The van der Waals surface area contributed by atoms with Gasteiger partial charge >= 0.3 is 0 Å².